The Morgan fingerprint density at radius 2 is 1.21 bits per heavy atom. The number of hydrogen-bond acceptors (Lipinski definition) is 8. The van der Waals surface area contributed by atoms with Crippen LogP contribution in [0.4, 0.5) is 39.5 Å². The summed E-state index contributed by atoms with van der Waals surface area (Å²) < 4.78 is 191. The van der Waals surface area contributed by atoms with Gasteiger partial charge in [0, 0.05) is 0 Å². The highest BCUT2D eigenvalue weighted by Gasteiger charge is 2.87. The minimum absolute atomic E-state index is 0.0171. The number of hydroxylamine groups is 1. The van der Waals surface area contributed by atoms with Crippen molar-refractivity contribution in [2.75, 3.05) is 7.05 Å². The summed E-state index contributed by atoms with van der Waals surface area (Å²) in [5, 5.41) is -3.23. The Morgan fingerprint density at radius 1 is 0.763 bits per heavy atom. The summed E-state index contributed by atoms with van der Waals surface area (Å²) in [5.74, 6) is -8.86. The Labute approximate surface area is 210 Å². The molecular weight excluding hydrogens is 613 g/mol. The molecule has 0 amide bonds. The molecule has 220 valence electrons. The highest BCUT2D eigenvalue weighted by molar-refractivity contribution is 7.99. The molecule has 2 rings (SSSR count). The number of nitrogens with zero attached hydrogens (tertiary/aromatic N) is 1. The van der Waals surface area contributed by atoms with Gasteiger partial charge in [-0.25, -0.2) is 0 Å². The van der Waals surface area contributed by atoms with E-state index in [0.29, 0.717) is 30.5 Å². The van der Waals surface area contributed by atoms with E-state index in [0.717, 1.165) is 19.3 Å². The first-order chi connectivity index (χ1) is 16.8. The fourth-order valence-corrected chi connectivity index (χ4v) is 7.21. The standard InChI is InChI=1S/C17H18F9NO8S3/c1-27(28,37(31,32)17(24,25)26)36(29,30)15(20,21)14(18,19)16(22,23)38(33,34)35-13-9-7-12(8-10-13)11-5-3-2-4-6-11/h7-11H,2-6H2,1H3. The maximum absolute atomic E-state index is 14.3. The quantitative estimate of drug-likeness (QED) is 0.170. The van der Waals surface area contributed by atoms with Crippen LogP contribution in [0, 0.1) is 5.21 Å². The Bertz CT molecular complexity index is 1350. The van der Waals surface area contributed by atoms with Gasteiger partial charge in [0.25, 0.3) is 0 Å². The summed E-state index contributed by atoms with van der Waals surface area (Å²) in [6.07, 6.45) is 4.08. The van der Waals surface area contributed by atoms with Gasteiger partial charge in [0.15, 0.2) is 0 Å². The topological polar surface area (TPSA) is 135 Å². The molecule has 0 aliphatic heterocycles. The molecule has 1 fully saturated rings. The maximum atomic E-state index is 14.3. The molecule has 9 nitrogen and oxygen atoms in total. The predicted molar refractivity (Wildman–Crippen MR) is 110 cm³/mol. The van der Waals surface area contributed by atoms with E-state index in [9.17, 15) is 70.0 Å². The smallest absolute Gasteiger partial charge is 0.551 e. The molecule has 1 atom stereocenters. The molecule has 0 N–H and O–H groups in total. The van der Waals surface area contributed by atoms with Gasteiger partial charge in [-0.3, -0.25) is 0 Å². The molecule has 38 heavy (non-hydrogen) atoms. The summed E-state index contributed by atoms with van der Waals surface area (Å²) in [5.41, 5.74) is -6.37. The highest BCUT2D eigenvalue weighted by atomic mass is 32.3. The lowest BCUT2D eigenvalue weighted by atomic mass is 9.84. The Balaban J connectivity index is 2.47. The molecule has 0 spiro atoms. The maximum Gasteiger partial charge on any atom is 0.551 e. The van der Waals surface area contributed by atoms with Crippen molar-refractivity contribution in [3.05, 3.63) is 35.0 Å². The first kappa shape index (κ1) is 32.4. The minimum Gasteiger partial charge on any atom is -0.601 e. The fourth-order valence-electron chi connectivity index (χ4n) is 3.42. The summed E-state index contributed by atoms with van der Waals surface area (Å²) in [6.45, 7) is 0. The van der Waals surface area contributed by atoms with Crippen LogP contribution in [0.1, 0.15) is 43.6 Å². The number of alkyl halides is 9. The van der Waals surface area contributed by atoms with E-state index < -0.39 is 68.4 Å². The van der Waals surface area contributed by atoms with Gasteiger partial charge >= 0.3 is 52.1 Å². The van der Waals surface area contributed by atoms with Crippen molar-refractivity contribution in [1.82, 2.24) is 0 Å². The van der Waals surface area contributed by atoms with E-state index in [2.05, 4.69) is 4.18 Å². The van der Waals surface area contributed by atoms with Crippen LogP contribution in [0.3, 0.4) is 0 Å². The molecule has 1 unspecified atom stereocenters. The van der Waals surface area contributed by atoms with Crippen LogP contribution < -0.4 is 4.18 Å². The van der Waals surface area contributed by atoms with Gasteiger partial charge in [0.05, 0.1) is 7.05 Å². The lowest BCUT2D eigenvalue weighted by molar-refractivity contribution is -0.594. The molecule has 1 aliphatic rings. The van der Waals surface area contributed by atoms with Crippen molar-refractivity contribution < 1.29 is 72.4 Å². The van der Waals surface area contributed by atoms with Gasteiger partial charge in [-0.05, 0) is 36.5 Å². The zero-order chi connectivity index (χ0) is 29.8. The number of hydrogen-bond donors (Lipinski definition) is 0. The molecule has 21 heteroatoms. The monoisotopic (exact) mass is 631 g/mol. The van der Waals surface area contributed by atoms with E-state index in [4.69, 9.17) is 0 Å². The third kappa shape index (κ3) is 4.83. The summed E-state index contributed by atoms with van der Waals surface area (Å²) in [4.78, 5) is 0. The Morgan fingerprint density at radius 3 is 1.63 bits per heavy atom. The zero-order valence-corrected chi connectivity index (χ0v) is 21.2. The first-order valence-corrected chi connectivity index (χ1v) is 14.4. The van der Waals surface area contributed by atoms with Gasteiger partial charge in [0.1, 0.15) is 5.75 Å². The zero-order valence-electron chi connectivity index (χ0n) is 18.8. The van der Waals surface area contributed by atoms with Crippen LogP contribution in [0.25, 0.3) is 0 Å². The summed E-state index contributed by atoms with van der Waals surface area (Å²) >= 11 is 0. The van der Waals surface area contributed by atoms with Crippen LogP contribution in [0.2, 0.25) is 0 Å². The van der Waals surface area contributed by atoms with Crippen LogP contribution in [0.15, 0.2) is 24.3 Å². The molecule has 1 aliphatic carbocycles. The van der Waals surface area contributed by atoms with E-state index in [1.165, 1.54) is 12.1 Å². The number of sulfonamides is 2. The van der Waals surface area contributed by atoms with Crippen LogP contribution in [-0.4, -0.2) is 57.7 Å². The van der Waals surface area contributed by atoms with Crippen molar-refractivity contribution in [3.8, 4) is 5.75 Å². The van der Waals surface area contributed by atoms with E-state index in [1.54, 1.807) is 0 Å². The van der Waals surface area contributed by atoms with Crippen molar-refractivity contribution in [1.29, 1.82) is 0 Å². The number of quaternary nitrogens is 1. The molecule has 0 radical (unpaired) electrons. The highest BCUT2D eigenvalue weighted by Crippen LogP contribution is 2.54. The molecule has 1 saturated carbocycles. The van der Waals surface area contributed by atoms with E-state index >= 15 is 0 Å². The van der Waals surface area contributed by atoms with Crippen molar-refractivity contribution >= 4 is 30.2 Å². The van der Waals surface area contributed by atoms with Crippen LogP contribution >= 0.6 is 0 Å². The minimum atomic E-state index is -8.38. The third-order valence-corrected chi connectivity index (χ3v) is 11.4. The lowest BCUT2D eigenvalue weighted by Gasteiger charge is -2.39. The van der Waals surface area contributed by atoms with E-state index in [1.807, 2.05) is 0 Å². The van der Waals surface area contributed by atoms with Crippen LogP contribution in [0.5, 0.6) is 5.75 Å². The predicted octanol–water partition coefficient (Wildman–Crippen LogP) is 4.39. The van der Waals surface area contributed by atoms with Gasteiger partial charge in [0.2, 0.25) is 0 Å². The largest absolute Gasteiger partial charge is 0.601 e. The first-order valence-electron chi connectivity index (χ1n) is 10.1. The van der Waals surface area contributed by atoms with Crippen molar-refractivity contribution in [3.63, 3.8) is 0 Å². The van der Waals surface area contributed by atoms with Crippen molar-refractivity contribution in [2.45, 2.75) is 60.0 Å². The van der Waals surface area contributed by atoms with E-state index in [-0.39, 0.29) is 5.92 Å². The van der Waals surface area contributed by atoms with Gasteiger partial charge < -0.3 is 9.39 Å². The summed E-state index contributed by atoms with van der Waals surface area (Å²) in [6, 6.07) is 3.73. The van der Waals surface area contributed by atoms with Gasteiger partial charge in [-0.1, -0.05) is 31.4 Å². The molecular formula is C17H18F9NO8S3. The average Bonchev–Trinajstić information content (AvgIpc) is 2.78. The lowest BCUT2D eigenvalue weighted by Crippen LogP contribution is -2.68. The molecule has 1 aromatic rings. The molecule has 0 bridgehead atoms. The Hall–Kier alpha value is -1.84. The number of halogens is 9. The third-order valence-electron chi connectivity index (χ3n) is 5.70. The van der Waals surface area contributed by atoms with Crippen molar-refractivity contribution in [2.24, 2.45) is 0 Å². The summed E-state index contributed by atoms with van der Waals surface area (Å²) in [7, 11) is -24.7. The number of benzene rings is 1. The normalized spacial score (nSPS) is 19.1. The van der Waals surface area contributed by atoms with Gasteiger partial charge in [-0.2, -0.15) is 64.8 Å². The molecule has 0 aromatic heterocycles. The van der Waals surface area contributed by atoms with Gasteiger partial charge in [-0.15, -0.1) is 3.46 Å². The fraction of sp³-hybridized carbons (Fsp3) is 0.647. The molecule has 0 heterocycles. The molecule has 0 saturated heterocycles. The second kappa shape index (κ2) is 9.66. The second-order valence-electron chi connectivity index (χ2n) is 8.22. The average molecular weight is 632 g/mol. The second-order valence-corrected chi connectivity index (χ2v) is 14.3. The van der Waals surface area contributed by atoms with Crippen LogP contribution in [-0.2, 0) is 30.2 Å². The Kier molecular flexibility index (Phi) is 8.23. The SMILES string of the molecule is C[N+]([O-])(S(=O)(=O)C(F)(F)F)S(=O)(=O)C(F)(F)C(F)(F)C(F)(F)S(=O)(=O)Oc1ccc(C2CCCCC2)cc1. The number of rotatable bonds is 9. The molecule has 1 aromatic carbocycles.